The van der Waals surface area contributed by atoms with Crippen LogP contribution in [0.25, 0.3) is 0 Å². The Labute approximate surface area is 136 Å². The second kappa shape index (κ2) is 6.66. The fourth-order valence-electron chi connectivity index (χ4n) is 2.76. The number of nitriles is 1. The van der Waals surface area contributed by atoms with Crippen LogP contribution in [0.3, 0.4) is 0 Å². The van der Waals surface area contributed by atoms with E-state index in [9.17, 15) is 0 Å². The Morgan fingerprint density at radius 2 is 1.87 bits per heavy atom. The van der Waals surface area contributed by atoms with Crippen LogP contribution in [0.1, 0.15) is 29.8 Å². The van der Waals surface area contributed by atoms with E-state index in [2.05, 4.69) is 20.9 Å². The summed E-state index contributed by atoms with van der Waals surface area (Å²) in [7, 11) is 0. The van der Waals surface area contributed by atoms with E-state index in [1.54, 1.807) is 6.20 Å². The number of hydrogen-bond donors (Lipinski definition) is 0. The molecule has 2 heterocycles. The van der Waals surface area contributed by atoms with E-state index < -0.39 is 0 Å². The largest absolute Gasteiger partial charge is 0.473 e. The molecule has 0 amide bonds. The fourth-order valence-corrected chi connectivity index (χ4v) is 2.76. The van der Waals surface area contributed by atoms with Gasteiger partial charge >= 0.3 is 0 Å². The van der Waals surface area contributed by atoms with E-state index in [1.165, 1.54) is 0 Å². The molecule has 1 saturated heterocycles. The highest BCUT2D eigenvalue weighted by molar-refractivity contribution is 5.50. The van der Waals surface area contributed by atoms with E-state index in [1.807, 2.05) is 38.1 Å². The molecule has 5 nitrogen and oxygen atoms in total. The third-order valence-electron chi connectivity index (χ3n) is 4.11. The van der Waals surface area contributed by atoms with Gasteiger partial charge in [0.25, 0.3) is 0 Å². The van der Waals surface area contributed by atoms with Gasteiger partial charge in [0.1, 0.15) is 6.10 Å². The summed E-state index contributed by atoms with van der Waals surface area (Å²) < 4.78 is 6.04. The van der Waals surface area contributed by atoms with Gasteiger partial charge < -0.3 is 9.64 Å². The van der Waals surface area contributed by atoms with Crippen LogP contribution < -0.4 is 9.64 Å². The number of aromatic nitrogens is 2. The van der Waals surface area contributed by atoms with Crippen LogP contribution >= 0.6 is 0 Å². The molecular formula is C18H20N4O. The molecule has 118 valence electrons. The standard InChI is InChI=1S/C18H20N4O/c1-13-12-20-14(2)18(21-13)23-17-7-9-22(10-8-17)16-5-3-15(11-19)4-6-16/h3-6,12,17H,7-10H2,1-2H3. The van der Waals surface area contributed by atoms with Gasteiger partial charge in [0, 0.05) is 37.8 Å². The predicted molar refractivity (Wildman–Crippen MR) is 88.5 cm³/mol. The molecule has 1 fully saturated rings. The van der Waals surface area contributed by atoms with Crippen LogP contribution in [0, 0.1) is 25.2 Å². The number of benzene rings is 1. The molecule has 1 aromatic carbocycles. The van der Waals surface area contributed by atoms with Gasteiger partial charge in [0.2, 0.25) is 5.88 Å². The molecule has 0 unspecified atom stereocenters. The molecule has 0 saturated carbocycles. The lowest BCUT2D eigenvalue weighted by Crippen LogP contribution is -2.38. The summed E-state index contributed by atoms with van der Waals surface area (Å²) in [5, 5.41) is 8.86. The average molecular weight is 308 g/mol. The van der Waals surface area contributed by atoms with Crippen molar-refractivity contribution in [2.24, 2.45) is 0 Å². The third-order valence-corrected chi connectivity index (χ3v) is 4.11. The minimum atomic E-state index is 0.180. The summed E-state index contributed by atoms with van der Waals surface area (Å²) in [6.07, 6.45) is 3.85. The van der Waals surface area contributed by atoms with Crippen molar-refractivity contribution >= 4 is 5.69 Å². The maximum Gasteiger partial charge on any atom is 0.235 e. The van der Waals surface area contributed by atoms with Crippen molar-refractivity contribution in [1.82, 2.24) is 9.97 Å². The lowest BCUT2D eigenvalue weighted by molar-refractivity contribution is 0.161. The minimum absolute atomic E-state index is 0.180. The normalized spacial score (nSPS) is 15.3. The van der Waals surface area contributed by atoms with Crippen LogP contribution in [-0.2, 0) is 0 Å². The Morgan fingerprint density at radius 1 is 1.17 bits per heavy atom. The Kier molecular flexibility index (Phi) is 4.42. The number of aryl methyl sites for hydroxylation is 2. The zero-order chi connectivity index (χ0) is 16.2. The van der Waals surface area contributed by atoms with E-state index >= 15 is 0 Å². The van der Waals surface area contributed by atoms with Crippen molar-refractivity contribution in [2.45, 2.75) is 32.8 Å². The van der Waals surface area contributed by atoms with Gasteiger partial charge in [-0.3, -0.25) is 4.98 Å². The number of nitrogens with zero attached hydrogens (tertiary/aromatic N) is 4. The molecule has 0 N–H and O–H groups in total. The number of ether oxygens (including phenoxy) is 1. The molecule has 0 aliphatic carbocycles. The smallest absolute Gasteiger partial charge is 0.235 e. The van der Waals surface area contributed by atoms with Gasteiger partial charge in [-0.2, -0.15) is 5.26 Å². The lowest BCUT2D eigenvalue weighted by atomic mass is 10.1. The van der Waals surface area contributed by atoms with E-state index in [-0.39, 0.29) is 6.10 Å². The van der Waals surface area contributed by atoms with Crippen molar-refractivity contribution in [3.63, 3.8) is 0 Å². The Hall–Kier alpha value is -2.61. The Morgan fingerprint density at radius 3 is 2.52 bits per heavy atom. The first-order valence-corrected chi connectivity index (χ1v) is 7.88. The first kappa shape index (κ1) is 15.3. The molecule has 1 aliphatic heterocycles. The minimum Gasteiger partial charge on any atom is -0.473 e. The van der Waals surface area contributed by atoms with Crippen LogP contribution in [0.15, 0.2) is 30.5 Å². The predicted octanol–water partition coefficient (Wildman–Crippen LogP) is 3.01. The Balaban J connectivity index is 1.59. The van der Waals surface area contributed by atoms with Crippen LogP contribution in [0.2, 0.25) is 0 Å². The first-order valence-electron chi connectivity index (χ1n) is 7.88. The van der Waals surface area contributed by atoms with Gasteiger partial charge in [-0.1, -0.05) is 0 Å². The zero-order valence-electron chi connectivity index (χ0n) is 13.5. The highest BCUT2D eigenvalue weighted by atomic mass is 16.5. The molecule has 3 rings (SSSR count). The molecule has 0 radical (unpaired) electrons. The summed E-state index contributed by atoms with van der Waals surface area (Å²) in [5.41, 5.74) is 3.57. The van der Waals surface area contributed by atoms with Gasteiger partial charge in [-0.25, -0.2) is 4.98 Å². The highest BCUT2D eigenvalue weighted by Crippen LogP contribution is 2.23. The number of hydrogen-bond acceptors (Lipinski definition) is 5. The van der Waals surface area contributed by atoms with Crippen molar-refractivity contribution in [3.05, 3.63) is 47.4 Å². The van der Waals surface area contributed by atoms with Crippen LogP contribution in [-0.4, -0.2) is 29.2 Å². The van der Waals surface area contributed by atoms with Crippen molar-refractivity contribution in [2.75, 3.05) is 18.0 Å². The van der Waals surface area contributed by atoms with Gasteiger partial charge in [0.15, 0.2) is 0 Å². The van der Waals surface area contributed by atoms with Crippen molar-refractivity contribution < 1.29 is 4.74 Å². The molecule has 23 heavy (non-hydrogen) atoms. The zero-order valence-corrected chi connectivity index (χ0v) is 13.5. The molecular weight excluding hydrogens is 288 g/mol. The maximum absolute atomic E-state index is 8.86. The van der Waals surface area contributed by atoms with Crippen LogP contribution in [0.4, 0.5) is 5.69 Å². The molecule has 1 aliphatic rings. The van der Waals surface area contributed by atoms with Gasteiger partial charge in [-0.05, 0) is 38.1 Å². The van der Waals surface area contributed by atoms with E-state index in [4.69, 9.17) is 10.00 Å². The number of rotatable bonds is 3. The molecule has 2 aromatic rings. The van der Waals surface area contributed by atoms with E-state index in [0.29, 0.717) is 11.4 Å². The van der Waals surface area contributed by atoms with E-state index in [0.717, 1.165) is 43.0 Å². The summed E-state index contributed by atoms with van der Waals surface area (Å²) in [4.78, 5) is 11.1. The SMILES string of the molecule is Cc1cnc(C)c(OC2CCN(c3ccc(C#N)cc3)CC2)n1. The quantitative estimate of drug-likeness (QED) is 0.872. The average Bonchev–Trinajstić information content (AvgIpc) is 2.59. The third kappa shape index (κ3) is 3.59. The first-order chi connectivity index (χ1) is 11.2. The second-order valence-corrected chi connectivity index (χ2v) is 5.86. The lowest BCUT2D eigenvalue weighted by Gasteiger charge is -2.33. The molecule has 0 atom stereocenters. The monoisotopic (exact) mass is 308 g/mol. The highest BCUT2D eigenvalue weighted by Gasteiger charge is 2.22. The summed E-state index contributed by atoms with van der Waals surface area (Å²) >= 11 is 0. The van der Waals surface area contributed by atoms with Crippen molar-refractivity contribution in [1.29, 1.82) is 5.26 Å². The number of piperidine rings is 1. The van der Waals surface area contributed by atoms with Gasteiger partial charge in [0.05, 0.1) is 23.0 Å². The molecule has 0 bridgehead atoms. The van der Waals surface area contributed by atoms with Gasteiger partial charge in [-0.15, -0.1) is 0 Å². The molecule has 0 spiro atoms. The molecule has 5 heteroatoms. The van der Waals surface area contributed by atoms with Crippen molar-refractivity contribution in [3.8, 4) is 11.9 Å². The second-order valence-electron chi connectivity index (χ2n) is 5.86. The topological polar surface area (TPSA) is 62.0 Å². The summed E-state index contributed by atoms with van der Waals surface area (Å²) in [6.45, 7) is 5.73. The summed E-state index contributed by atoms with van der Waals surface area (Å²) in [5.74, 6) is 0.654. The maximum atomic E-state index is 8.86. The Bertz CT molecular complexity index is 713. The van der Waals surface area contributed by atoms with Crippen LogP contribution in [0.5, 0.6) is 5.88 Å². The molecule has 1 aromatic heterocycles. The number of anilines is 1. The fraction of sp³-hybridized carbons (Fsp3) is 0.389. The summed E-state index contributed by atoms with van der Waals surface area (Å²) in [6, 6.07) is 9.90.